The molecule has 1 aromatic heterocycles. The zero-order valence-electron chi connectivity index (χ0n) is 19.7. The zero-order chi connectivity index (χ0) is 23.2. The van der Waals surface area contributed by atoms with E-state index in [2.05, 4.69) is 36.5 Å². The van der Waals surface area contributed by atoms with E-state index >= 15 is 0 Å². The molecule has 1 amide bonds. The van der Waals surface area contributed by atoms with Crippen LogP contribution < -0.4 is 10.5 Å². The van der Waals surface area contributed by atoms with Crippen molar-refractivity contribution in [1.29, 1.82) is 0 Å². The first kappa shape index (κ1) is 25.1. The lowest BCUT2D eigenvalue weighted by molar-refractivity contribution is -0.105. The quantitative estimate of drug-likeness (QED) is 0.653. The molecule has 2 aliphatic rings. The summed E-state index contributed by atoms with van der Waals surface area (Å²) in [5, 5.41) is 7.82. The number of nitrogens with zero attached hydrogens (tertiary/aromatic N) is 1. The van der Waals surface area contributed by atoms with Gasteiger partial charge in [-0.1, -0.05) is 26.8 Å². The number of nitrogens with one attached hydrogen (secondary N) is 1. The Hall–Kier alpha value is -2.12. The summed E-state index contributed by atoms with van der Waals surface area (Å²) < 4.78 is 18.7. The van der Waals surface area contributed by atoms with Gasteiger partial charge in [0.1, 0.15) is 15.7 Å². The normalized spacial score (nSPS) is 16.0. The van der Waals surface area contributed by atoms with E-state index in [-0.39, 0.29) is 5.41 Å². The van der Waals surface area contributed by atoms with Crippen molar-refractivity contribution in [3.63, 3.8) is 0 Å². The number of hydrogen-bond donors (Lipinski definition) is 2. The second-order valence-electron chi connectivity index (χ2n) is 9.18. The summed E-state index contributed by atoms with van der Waals surface area (Å²) in [7, 11) is -0.854. The Balaban J connectivity index is 0.000000185. The minimum absolute atomic E-state index is 0.219. The first-order valence-corrected chi connectivity index (χ1v) is 12.8. The molecule has 3 N–H and O–H groups in total. The van der Waals surface area contributed by atoms with Crippen molar-refractivity contribution < 1.29 is 13.4 Å². The molecule has 6 nitrogen and oxygen atoms in total. The van der Waals surface area contributed by atoms with E-state index < -0.39 is 9.92 Å². The van der Waals surface area contributed by atoms with E-state index in [0.717, 1.165) is 30.7 Å². The van der Waals surface area contributed by atoms with Crippen LogP contribution in [0.25, 0.3) is 0 Å². The molecular weight excluding hydrogens is 410 g/mol. The third kappa shape index (κ3) is 6.94. The summed E-state index contributed by atoms with van der Waals surface area (Å²) in [6.45, 7) is 8.56. The molecule has 31 heavy (non-hydrogen) atoms. The largest absolute Gasteiger partial charge is 0.469 e. The molecule has 0 spiro atoms. The number of rotatable bonds is 2. The molecule has 2 aliphatic carbocycles. The van der Waals surface area contributed by atoms with Crippen LogP contribution in [0.15, 0.2) is 27.2 Å². The van der Waals surface area contributed by atoms with Crippen LogP contribution in [0.3, 0.4) is 0 Å². The van der Waals surface area contributed by atoms with Gasteiger partial charge >= 0.3 is 0 Å². The molecular formula is C24H37N3O3S. The molecule has 1 aromatic carbocycles. The summed E-state index contributed by atoms with van der Waals surface area (Å²) in [6, 6.07) is 4.41. The van der Waals surface area contributed by atoms with Crippen LogP contribution in [0, 0.1) is 6.92 Å². The number of anilines is 1. The summed E-state index contributed by atoms with van der Waals surface area (Å²) in [5.41, 5.74) is 8.42. The second-order valence-corrected chi connectivity index (χ2v) is 11.3. The first-order chi connectivity index (χ1) is 14.5. The van der Waals surface area contributed by atoms with Crippen LogP contribution in [0.5, 0.6) is 0 Å². The minimum Gasteiger partial charge on any atom is -0.469 e. The number of fused-ring (bicyclic) bond motifs is 2. The van der Waals surface area contributed by atoms with Gasteiger partial charge < -0.3 is 9.73 Å². The van der Waals surface area contributed by atoms with Crippen molar-refractivity contribution in [2.24, 2.45) is 9.50 Å². The SMILES string of the molecule is CN=S(C)(N)=O.Cc1occc1C(C)(C)C.O=CNc1c2c(cc3c1CCC3)CCC2. The van der Waals surface area contributed by atoms with Crippen molar-refractivity contribution in [3.8, 4) is 0 Å². The Labute approximate surface area is 187 Å². The molecule has 0 aliphatic heterocycles. The zero-order valence-corrected chi connectivity index (χ0v) is 20.5. The molecule has 0 bridgehead atoms. The van der Waals surface area contributed by atoms with E-state index in [1.165, 1.54) is 66.8 Å². The van der Waals surface area contributed by atoms with Crippen LogP contribution >= 0.6 is 0 Å². The highest BCUT2D eigenvalue weighted by molar-refractivity contribution is 7.90. The predicted molar refractivity (Wildman–Crippen MR) is 129 cm³/mol. The highest BCUT2D eigenvalue weighted by Gasteiger charge is 2.23. The number of benzene rings is 1. The van der Waals surface area contributed by atoms with Crippen LogP contribution in [0.2, 0.25) is 0 Å². The van der Waals surface area contributed by atoms with E-state index in [0.29, 0.717) is 0 Å². The van der Waals surface area contributed by atoms with Gasteiger partial charge in [-0.05, 0) is 84.7 Å². The lowest BCUT2D eigenvalue weighted by atomic mass is 9.87. The molecule has 0 radical (unpaired) electrons. The van der Waals surface area contributed by atoms with Gasteiger partial charge in [0.05, 0.1) is 6.26 Å². The molecule has 2 aromatic rings. The topological polar surface area (TPSA) is 97.7 Å². The van der Waals surface area contributed by atoms with Gasteiger partial charge in [0.15, 0.2) is 0 Å². The highest BCUT2D eigenvalue weighted by atomic mass is 32.2. The Morgan fingerprint density at radius 3 is 1.97 bits per heavy atom. The van der Waals surface area contributed by atoms with Crippen LogP contribution in [-0.2, 0) is 45.8 Å². The van der Waals surface area contributed by atoms with Gasteiger partial charge in [-0.15, -0.1) is 0 Å². The van der Waals surface area contributed by atoms with Crippen molar-refractivity contribution in [2.45, 2.75) is 71.6 Å². The number of carbonyl (C=O) groups is 1. The van der Waals surface area contributed by atoms with E-state index in [1.807, 2.05) is 13.0 Å². The minimum atomic E-state index is -2.29. The lowest BCUT2D eigenvalue weighted by Gasteiger charge is -2.16. The summed E-state index contributed by atoms with van der Waals surface area (Å²) >= 11 is 0. The van der Waals surface area contributed by atoms with Gasteiger partial charge in [-0.2, -0.15) is 0 Å². The lowest BCUT2D eigenvalue weighted by Crippen LogP contribution is -2.10. The van der Waals surface area contributed by atoms with Gasteiger partial charge in [-0.25, -0.2) is 13.7 Å². The Morgan fingerprint density at radius 1 is 1.13 bits per heavy atom. The van der Waals surface area contributed by atoms with Crippen LogP contribution in [0.1, 0.15) is 67.2 Å². The number of carbonyl (C=O) groups excluding carboxylic acids is 1. The monoisotopic (exact) mass is 447 g/mol. The van der Waals surface area contributed by atoms with Crippen molar-refractivity contribution >= 4 is 22.0 Å². The molecule has 1 unspecified atom stereocenters. The molecule has 0 saturated heterocycles. The van der Waals surface area contributed by atoms with Crippen LogP contribution in [0.4, 0.5) is 5.69 Å². The van der Waals surface area contributed by atoms with E-state index in [4.69, 9.17) is 9.56 Å². The number of amides is 1. The number of nitrogens with two attached hydrogens (primary N) is 1. The van der Waals surface area contributed by atoms with E-state index in [9.17, 15) is 9.00 Å². The maximum atomic E-state index is 10.7. The summed E-state index contributed by atoms with van der Waals surface area (Å²) in [5.74, 6) is 1.03. The third-order valence-electron chi connectivity index (χ3n) is 5.71. The van der Waals surface area contributed by atoms with Crippen molar-refractivity contribution in [2.75, 3.05) is 18.6 Å². The summed E-state index contributed by atoms with van der Waals surface area (Å²) in [6.07, 6.45) is 11.1. The molecule has 0 fully saturated rings. The Kier molecular flexibility index (Phi) is 8.49. The maximum Gasteiger partial charge on any atom is 0.211 e. The standard InChI is InChI=1S/C13H15NO.C9H14O.C2H8N2OS/c15-8-14-13-11-5-1-3-9(11)7-10-4-2-6-12(10)13;1-7-8(5-6-10-7)9(2,3)4;1-4-6(2,3)5/h7-8H,1-6H2,(H,14,15);5-6H,1-4H3;1-2H3,(H2,3,4,5). The maximum absolute atomic E-state index is 10.7. The van der Waals surface area contributed by atoms with Gasteiger partial charge in [-0.3, -0.25) is 4.79 Å². The van der Waals surface area contributed by atoms with Crippen LogP contribution in [-0.4, -0.2) is 23.9 Å². The smallest absolute Gasteiger partial charge is 0.211 e. The predicted octanol–water partition coefficient (Wildman–Crippen LogP) is 4.71. The molecule has 4 rings (SSSR count). The number of furan rings is 1. The second kappa shape index (κ2) is 10.5. The Bertz CT molecular complexity index is 985. The van der Waals surface area contributed by atoms with Gasteiger partial charge in [0, 0.05) is 19.0 Å². The number of aryl methyl sites for hydroxylation is 3. The Morgan fingerprint density at radius 2 is 1.65 bits per heavy atom. The fraction of sp³-hybridized carbons (Fsp3) is 0.542. The van der Waals surface area contributed by atoms with E-state index in [1.54, 1.807) is 6.26 Å². The first-order valence-electron chi connectivity index (χ1n) is 10.8. The highest BCUT2D eigenvalue weighted by Crippen LogP contribution is 2.38. The molecule has 1 heterocycles. The fourth-order valence-corrected chi connectivity index (χ4v) is 4.21. The molecule has 1 atom stereocenters. The molecule has 0 saturated carbocycles. The van der Waals surface area contributed by atoms with Crippen molar-refractivity contribution in [1.82, 2.24) is 0 Å². The summed E-state index contributed by atoms with van der Waals surface area (Å²) in [4.78, 5) is 10.7. The average molecular weight is 448 g/mol. The molecule has 7 heteroatoms. The fourth-order valence-electron chi connectivity index (χ4n) is 4.21. The third-order valence-corrected chi connectivity index (χ3v) is 6.43. The van der Waals surface area contributed by atoms with Crippen molar-refractivity contribution in [3.05, 3.63) is 52.0 Å². The number of hydrogen-bond acceptors (Lipinski definition) is 4. The average Bonchev–Trinajstić information content (AvgIpc) is 3.41. The van der Waals surface area contributed by atoms with Gasteiger partial charge in [0.2, 0.25) is 6.41 Å². The van der Waals surface area contributed by atoms with Gasteiger partial charge in [0.25, 0.3) is 0 Å². The molecule has 172 valence electrons.